The van der Waals surface area contributed by atoms with Crippen LogP contribution in [0, 0.1) is 0 Å². The van der Waals surface area contributed by atoms with Crippen LogP contribution in [0.5, 0.6) is 0 Å². The largest absolute Gasteiger partial charge is 0.478 e. The lowest BCUT2D eigenvalue weighted by Crippen LogP contribution is -2.10. The Morgan fingerprint density at radius 2 is 2.00 bits per heavy atom. The highest BCUT2D eigenvalue weighted by Crippen LogP contribution is 2.19. The maximum atomic E-state index is 11.8. The molecule has 0 aromatic carbocycles. The average molecular weight is 426 g/mol. The molecule has 30 heavy (non-hydrogen) atoms. The molecule has 0 spiro atoms. The fourth-order valence-corrected chi connectivity index (χ4v) is 3.76. The van der Waals surface area contributed by atoms with Gasteiger partial charge >= 0.3 is 11.9 Å². The number of aromatic nitrogens is 3. The molecule has 3 rings (SSSR count). The Kier molecular flexibility index (Phi) is 7.13. The van der Waals surface area contributed by atoms with Crippen LogP contribution in [0.4, 0.5) is 0 Å². The zero-order valence-corrected chi connectivity index (χ0v) is 17.4. The number of hydrogen-bond donors (Lipinski definition) is 2. The number of imidazole rings is 1. The molecule has 0 radical (unpaired) electrons. The molecule has 2 N–H and O–H groups in total. The lowest BCUT2D eigenvalue weighted by Gasteiger charge is -2.11. The Balaban J connectivity index is 1.94. The van der Waals surface area contributed by atoms with E-state index in [1.165, 1.54) is 23.6 Å². The predicted octanol–water partition coefficient (Wildman–Crippen LogP) is 4.14. The van der Waals surface area contributed by atoms with Crippen molar-refractivity contribution in [3.05, 3.63) is 75.3 Å². The van der Waals surface area contributed by atoms with E-state index in [1.54, 1.807) is 18.3 Å². The SMILES string of the molecule is CCCCc1ncc(C=C(Cc2cccs2)C(=O)O)n1Cc1ccc(C(=O)O)cn1. The molecule has 3 heterocycles. The Labute approximate surface area is 178 Å². The van der Waals surface area contributed by atoms with Gasteiger partial charge in [0.2, 0.25) is 0 Å². The topological polar surface area (TPSA) is 105 Å². The van der Waals surface area contributed by atoms with E-state index in [-0.39, 0.29) is 11.1 Å². The number of carbonyl (C=O) groups is 2. The fraction of sp³-hybridized carbons (Fsp3) is 0.273. The van der Waals surface area contributed by atoms with E-state index in [0.717, 1.165) is 30.0 Å². The molecule has 3 aromatic rings. The summed E-state index contributed by atoms with van der Waals surface area (Å²) < 4.78 is 1.95. The summed E-state index contributed by atoms with van der Waals surface area (Å²) in [5, 5.41) is 20.7. The van der Waals surface area contributed by atoms with Gasteiger partial charge in [0.1, 0.15) is 5.82 Å². The van der Waals surface area contributed by atoms with Crippen molar-refractivity contribution in [1.82, 2.24) is 14.5 Å². The van der Waals surface area contributed by atoms with Crippen molar-refractivity contribution in [2.45, 2.75) is 39.2 Å². The van der Waals surface area contributed by atoms with E-state index >= 15 is 0 Å². The summed E-state index contributed by atoms with van der Waals surface area (Å²) in [5.41, 5.74) is 1.79. The number of carboxylic acids is 2. The molecule has 3 aromatic heterocycles. The number of pyridine rings is 1. The van der Waals surface area contributed by atoms with E-state index in [9.17, 15) is 14.7 Å². The standard InChI is InChI=1S/C22H23N3O4S/c1-2-3-6-20-24-13-18(10-16(22(28)29)11-19-5-4-9-30-19)25(20)14-17-8-7-15(12-23-17)21(26)27/h4-5,7-10,12-13H,2-3,6,11,14H2,1H3,(H,26,27)(H,28,29). The van der Waals surface area contributed by atoms with Crippen molar-refractivity contribution in [2.75, 3.05) is 0 Å². The van der Waals surface area contributed by atoms with E-state index < -0.39 is 11.9 Å². The smallest absolute Gasteiger partial charge is 0.337 e. The second-order valence-corrected chi connectivity index (χ2v) is 7.90. The summed E-state index contributed by atoms with van der Waals surface area (Å²) in [6, 6.07) is 7.00. The molecule has 0 fully saturated rings. The number of aliphatic carboxylic acids is 1. The van der Waals surface area contributed by atoms with Crippen molar-refractivity contribution in [1.29, 1.82) is 0 Å². The van der Waals surface area contributed by atoms with Gasteiger partial charge in [-0.15, -0.1) is 11.3 Å². The highest BCUT2D eigenvalue weighted by Gasteiger charge is 2.15. The molecule has 8 heteroatoms. The van der Waals surface area contributed by atoms with Gasteiger partial charge in [0.05, 0.1) is 29.7 Å². The molecule has 0 aliphatic carbocycles. The molecule has 0 bridgehead atoms. The lowest BCUT2D eigenvalue weighted by molar-refractivity contribution is -0.132. The summed E-state index contributed by atoms with van der Waals surface area (Å²) in [6.07, 6.45) is 7.77. The number of rotatable bonds is 10. The number of aryl methyl sites for hydroxylation is 1. The van der Waals surface area contributed by atoms with Gasteiger partial charge in [-0.25, -0.2) is 14.6 Å². The van der Waals surface area contributed by atoms with Gasteiger partial charge in [-0.1, -0.05) is 19.4 Å². The van der Waals surface area contributed by atoms with Crippen molar-refractivity contribution >= 4 is 29.4 Å². The molecule has 0 unspecified atom stereocenters. The van der Waals surface area contributed by atoms with E-state index in [0.29, 0.717) is 24.4 Å². The van der Waals surface area contributed by atoms with Crippen molar-refractivity contribution in [2.24, 2.45) is 0 Å². The summed E-state index contributed by atoms with van der Waals surface area (Å²) in [7, 11) is 0. The second-order valence-electron chi connectivity index (χ2n) is 6.86. The highest BCUT2D eigenvalue weighted by molar-refractivity contribution is 7.09. The second kappa shape index (κ2) is 9.98. The van der Waals surface area contributed by atoms with Gasteiger partial charge in [-0.05, 0) is 36.1 Å². The normalized spacial score (nSPS) is 11.6. The van der Waals surface area contributed by atoms with Gasteiger partial charge in [0, 0.05) is 29.5 Å². The Hall–Kier alpha value is -3.26. The van der Waals surface area contributed by atoms with Crippen LogP contribution >= 0.6 is 11.3 Å². The Bertz CT molecular complexity index is 1040. The van der Waals surface area contributed by atoms with Crippen LogP contribution in [0.25, 0.3) is 6.08 Å². The fourth-order valence-electron chi connectivity index (χ4n) is 3.04. The Morgan fingerprint density at radius 3 is 2.60 bits per heavy atom. The first-order valence-corrected chi connectivity index (χ1v) is 10.5. The zero-order valence-electron chi connectivity index (χ0n) is 16.6. The molecule has 0 aliphatic heterocycles. The molecule has 156 valence electrons. The predicted molar refractivity (Wildman–Crippen MR) is 115 cm³/mol. The zero-order chi connectivity index (χ0) is 21.5. The lowest BCUT2D eigenvalue weighted by atomic mass is 10.1. The van der Waals surface area contributed by atoms with Crippen LogP contribution < -0.4 is 0 Å². The van der Waals surface area contributed by atoms with Gasteiger partial charge in [0.25, 0.3) is 0 Å². The van der Waals surface area contributed by atoms with Crippen LogP contribution in [0.15, 0.2) is 47.6 Å². The van der Waals surface area contributed by atoms with E-state index in [4.69, 9.17) is 5.11 Å². The molecule has 7 nitrogen and oxygen atoms in total. The van der Waals surface area contributed by atoms with E-state index in [2.05, 4.69) is 16.9 Å². The molecule has 0 saturated heterocycles. The van der Waals surface area contributed by atoms with Crippen LogP contribution in [-0.4, -0.2) is 36.7 Å². The first-order valence-electron chi connectivity index (χ1n) is 9.66. The van der Waals surface area contributed by atoms with Crippen LogP contribution in [0.2, 0.25) is 0 Å². The summed E-state index contributed by atoms with van der Waals surface area (Å²) in [4.78, 5) is 32.6. The van der Waals surface area contributed by atoms with Gasteiger partial charge in [-0.2, -0.15) is 0 Å². The minimum absolute atomic E-state index is 0.125. The minimum Gasteiger partial charge on any atom is -0.478 e. The van der Waals surface area contributed by atoms with Crippen molar-refractivity contribution in [3.8, 4) is 0 Å². The first kappa shape index (κ1) is 21.4. The molecule has 0 aliphatic rings. The average Bonchev–Trinajstić information content (AvgIpc) is 3.37. The quantitative estimate of drug-likeness (QED) is 0.473. The summed E-state index contributed by atoms with van der Waals surface area (Å²) in [5.74, 6) is -1.13. The van der Waals surface area contributed by atoms with Gasteiger partial charge in [-0.3, -0.25) is 4.98 Å². The maximum Gasteiger partial charge on any atom is 0.337 e. The third kappa shape index (κ3) is 5.42. The van der Waals surface area contributed by atoms with Crippen LogP contribution in [0.3, 0.4) is 0 Å². The minimum atomic E-state index is -1.02. The molecular formula is C22H23N3O4S. The van der Waals surface area contributed by atoms with Gasteiger partial charge in [0.15, 0.2) is 0 Å². The van der Waals surface area contributed by atoms with Crippen LogP contribution in [-0.2, 0) is 24.2 Å². The van der Waals surface area contributed by atoms with Crippen molar-refractivity contribution in [3.63, 3.8) is 0 Å². The number of thiophene rings is 1. The molecule has 0 atom stereocenters. The molecule has 0 saturated carbocycles. The van der Waals surface area contributed by atoms with Gasteiger partial charge < -0.3 is 14.8 Å². The van der Waals surface area contributed by atoms with Crippen molar-refractivity contribution < 1.29 is 19.8 Å². The highest BCUT2D eigenvalue weighted by atomic mass is 32.1. The number of aromatic carboxylic acids is 1. The monoisotopic (exact) mass is 425 g/mol. The summed E-state index contributed by atoms with van der Waals surface area (Å²) in [6.45, 7) is 2.49. The maximum absolute atomic E-state index is 11.8. The number of carboxylic acid groups (broad SMARTS) is 2. The third-order valence-corrected chi connectivity index (χ3v) is 5.53. The molecular weight excluding hydrogens is 402 g/mol. The molecule has 0 amide bonds. The summed E-state index contributed by atoms with van der Waals surface area (Å²) >= 11 is 1.52. The number of hydrogen-bond acceptors (Lipinski definition) is 5. The van der Waals surface area contributed by atoms with Crippen LogP contribution in [0.1, 0.15) is 52.2 Å². The number of nitrogens with zero attached hydrogens (tertiary/aromatic N) is 3. The first-order chi connectivity index (χ1) is 14.5. The third-order valence-electron chi connectivity index (χ3n) is 4.66. The number of unbranched alkanes of at least 4 members (excludes halogenated alkanes) is 1. The Morgan fingerprint density at radius 1 is 1.17 bits per heavy atom. The van der Waals surface area contributed by atoms with E-state index in [1.807, 2.05) is 22.1 Å².